The number of hydrazine groups is 1. The summed E-state index contributed by atoms with van der Waals surface area (Å²) in [5, 5.41) is 3.07. The fraction of sp³-hybridized carbons (Fsp3) is 0.417. The summed E-state index contributed by atoms with van der Waals surface area (Å²) < 4.78 is 12.5. The molecule has 3 aliphatic rings. The largest absolute Gasteiger partial charge is 0.493 e. The molecule has 1 saturated heterocycles. The minimum Gasteiger partial charge on any atom is -0.493 e. The number of quaternary nitrogens is 1. The van der Waals surface area contributed by atoms with Crippen LogP contribution in [0.3, 0.4) is 0 Å². The lowest BCUT2D eigenvalue weighted by molar-refractivity contribution is -0.929. The van der Waals surface area contributed by atoms with Gasteiger partial charge < -0.3 is 19.8 Å². The molecule has 5 nitrogen and oxygen atoms in total. The maximum absolute atomic E-state index is 6.80. The van der Waals surface area contributed by atoms with Gasteiger partial charge in [0.25, 0.3) is 0 Å². The minimum absolute atomic E-state index is 0.0927. The Balaban J connectivity index is 1.55. The first-order valence-corrected chi connectivity index (χ1v) is 11.1. The summed E-state index contributed by atoms with van der Waals surface area (Å²) in [6.07, 6.45) is 4.22. The van der Waals surface area contributed by atoms with E-state index in [9.17, 15) is 0 Å². The summed E-state index contributed by atoms with van der Waals surface area (Å²) >= 11 is 6.11. The van der Waals surface area contributed by atoms with Crippen LogP contribution in [0.4, 0.5) is 0 Å². The van der Waals surface area contributed by atoms with Crippen LogP contribution in [0.25, 0.3) is 5.70 Å². The highest BCUT2D eigenvalue weighted by molar-refractivity contribution is 6.30. The Labute approximate surface area is 183 Å². The molecule has 3 aliphatic heterocycles. The highest BCUT2D eigenvalue weighted by atomic mass is 35.5. The maximum atomic E-state index is 6.80. The molecule has 0 unspecified atom stereocenters. The second-order valence-corrected chi connectivity index (χ2v) is 9.19. The first kappa shape index (κ1) is 19.7. The van der Waals surface area contributed by atoms with Crippen LogP contribution < -0.4 is 19.8 Å². The van der Waals surface area contributed by atoms with E-state index in [1.54, 1.807) is 12.0 Å². The maximum Gasteiger partial charge on any atom is 0.191 e. The van der Waals surface area contributed by atoms with Crippen LogP contribution in [0.2, 0.25) is 5.02 Å². The van der Waals surface area contributed by atoms with E-state index in [0.717, 1.165) is 59.3 Å². The molecule has 5 rings (SSSR count). The molecular weight excluding hydrogens is 398 g/mol. The summed E-state index contributed by atoms with van der Waals surface area (Å²) in [7, 11) is 1.71. The van der Waals surface area contributed by atoms with Gasteiger partial charge in [0.2, 0.25) is 0 Å². The summed E-state index contributed by atoms with van der Waals surface area (Å²) in [5.41, 5.74) is 6.64. The van der Waals surface area contributed by atoms with Crippen LogP contribution in [0.5, 0.6) is 11.5 Å². The number of nitrogens with one attached hydrogen (secondary N) is 2. The molecular formula is C24H29ClN3O2+. The van der Waals surface area contributed by atoms with E-state index >= 15 is 0 Å². The number of para-hydroxylation sites is 1. The molecule has 0 saturated carbocycles. The van der Waals surface area contributed by atoms with Crippen molar-refractivity contribution < 1.29 is 14.4 Å². The van der Waals surface area contributed by atoms with Crippen LogP contribution in [0.1, 0.15) is 43.9 Å². The second kappa shape index (κ2) is 7.49. The Bertz CT molecular complexity index is 965. The third-order valence-electron chi connectivity index (χ3n) is 6.77. The van der Waals surface area contributed by atoms with Crippen molar-refractivity contribution in [2.75, 3.05) is 20.2 Å². The fourth-order valence-electron chi connectivity index (χ4n) is 5.00. The molecule has 2 N–H and O–H groups in total. The molecule has 6 heteroatoms. The molecule has 0 bridgehead atoms. The van der Waals surface area contributed by atoms with E-state index in [2.05, 4.69) is 48.6 Å². The number of fused-ring (bicyclic) bond motifs is 4. The highest BCUT2D eigenvalue weighted by Gasteiger charge is 2.53. The number of hydrogen-bond acceptors (Lipinski definition) is 4. The van der Waals surface area contributed by atoms with E-state index in [1.807, 2.05) is 24.3 Å². The molecule has 3 heterocycles. The lowest BCUT2D eigenvalue weighted by Crippen LogP contribution is -3.16. The van der Waals surface area contributed by atoms with E-state index in [1.165, 1.54) is 0 Å². The average Bonchev–Trinajstić information content (AvgIpc) is 3.21. The number of likely N-dealkylation sites (tertiary alicyclic amines) is 1. The highest BCUT2D eigenvalue weighted by Crippen LogP contribution is 2.50. The Hall–Kier alpha value is -2.21. The van der Waals surface area contributed by atoms with Crippen LogP contribution in [0.15, 0.2) is 48.5 Å². The Kier molecular flexibility index (Phi) is 4.92. The quantitative estimate of drug-likeness (QED) is 0.788. The van der Waals surface area contributed by atoms with Gasteiger partial charge in [0.05, 0.1) is 50.8 Å². The molecule has 0 radical (unpaired) electrons. The second-order valence-electron chi connectivity index (χ2n) is 8.75. The molecule has 1 atom stereocenters. The normalized spacial score (nSPS) is 27.8. The molecule has 30 heavy (non-hydrogen) atoms. The number of nitrogens with zero attached hydrogens (tertiary/aromatic N) is 1. The van der Waals surface area contributed by atoms with Crippen LogP contribution >= 0.6 is 11.6 Å². The van der Waals surface area contributed by atoms with Crippen LogP contribution in [-0.4, -0.2) is 37.0 Å². The van der Waals surface area contributed by atoms with Crippen molar-refractivity contribution in [3.05, 3.63) is 64.7 Å². The van der Waals surface area contributed by atoms with Crippen molar-refractivity contribution in [3.63, 3.8) is 0 Å². The van der Waals surface area contributed by atoms with Gasteiger partial charge in [-0.25, -0.2) is 0 Å². The number of halogens is 1. The third-order valence-corrected chi connectivity index (χ3v) is 7.02. The predicted molar refractivity (Wildman–Crippen MR) is 119 cm³/mol. The monoisotopic (exact) mass is 426 g/mol. The van der Waals surface area contributed by atoms with Gasteiger partial charge in [-0.05, 0) is 43.7 Å². The molecule has 158 valence electrons. The van der Waals surface area contributed by atoms with Crippen molar-refractivity contribution in [3.8, 4) is 11.5 Å². The zero-order chi connectivity index (χ0) is 20.9. The predicted octanol–water partition coefficient (Wildman–Crippen LogP) is 3.43. The first-order valence-electron chi connectivity index (χ1n) is 10.7. The molecule has 2 aromatic carbocycles. The summed E-state index contributed by atoms with van der Waals surface area (Å²) in [6.45, 7) is 6.77. The zero-order valence-electron chi connectivity index (χ0n) is 17.7. The van der Waals surface area contributed by atoms with Gasteiger partial charge >= 0.3 is 0 Å². The summed E-state index contributed by atoms with van der Waals surface area (Å²) in [5.74, 6) is 1.68. The third kappa shape index (κ3) is 3.16. The molecule has 1 fully saturated rings. The van der Waals surface area contributed by atoms with Crippen molar-refractivity contribution in [1.82, 2.24) is 10.4 Å². The lowest BCUT2D eigenvalue weighted by atomic mass is 9.92. The fourth-order valence-corrected chi connectivity index (χ4v) is 5.13. The number of ether oxygens (including phenoxy) is 2. The number of hydrogen-bond donors (Lipinski definition) is 2. The Morgan fingerprint density at radius 3 is 2.57 bits per heavy atom. The lowest BCUT2D eigenvalue weighted by Gasteiger charge is -2.51. The number of piperidine rings is 1. The van der Waals surface area contributed by atoms with Gasteiger partial charge in [0.15, 0.2) is 17.2 Å². The smallest absolute Gasteiger partial charge is 0.191 e. The van der Waals surface area contributed by atoms with Gasteiger partial charge in [-0.15, -0.1) is 0 Å². The van der Waals surface area contributed by atoms with Crippen molar-refractivity contribution >= 4 is 17.3 Å². The van der Waals surface area contributed by atoms with E-state index < -0.39 is 5.72 Å². The van der Waals surface area contributed by atoms with Gasteiger partial charge in [-0.1, -0.05) is 35.9 Å². The van der Waals surface area contributed by atoms with Gasteiger partial charge in [-0.2, -0.15) is 5.01 Å². The van der Waals surface area contributed by atoms with E-state index in [-0.39, 0.29) is 6.04 Å². The van der Waals surface area contributed by atoms with Crippen LogP contribution in [0, 0.1) is 0 Å². The van der Waals surface area contributed by atoms with Crippen molar-refractivity contribution in [2.24, 2.45) is 0 Å². The molecule has 1 spiro atoms. The van der Waals surface area contributed by atoms with Crippen molar-refractivity contribution in [1.29, 1.82) is 0 Å². The standard InChI is InChI=1S/C24H28ClN3O2/c1-16(2)27-13-11-24(12-14-27)28-21(19-5-4-6-22(29-3)23(19)30-24)15-20(26-28)17-7-9-18(25)10-8-17/h4-10,15-16,21,26H,11-14H2,1-3H3/p+1/t21-/m1/s1. The van der Waals surface area contributed by atoms with Gasteiger partial charge in [0.1, 0.15) is 0 Å². The van der Waals surface area contributed by atoms with E-state index in [4.69, 9.17) is 21.1 Å². The zero-order valence-corrected chi connectivity index (χ0v) is 18.5. The van der Waals surface area contributed by atoms with Gasteiger partial charge in [0, 0.05) is 10.6 Å². The Morgan fingerprint density at radius 2 is 1.90 bits per heavy atom. The summed E-state index contributed by atoms with van der Waals surface area (Å²) in [6, 6.07) is 14.9. The first-order chi connectivity index (χ1) is 14.5. The van der Waals surface area contributed by atoms with Crippen molar-refractivity contribution in [2.45, 2.75) is 44.5 Å². The van der Waals surface area contributed by atoms with E-state index in [0.29, 0.717) is 6.04 Å². The number of methoxy groups -OCH3 is 1. The van der Waals surface area contributed by atoms with Crippen LogP contribution in [-0.2, 0) is 0 Å². The topological polar surface area (TPSA) is 38.2 Å². The number of benzene rings is 2. The molecule has 0 aliphatic carbocycles. The molecule has 2 aromatic rings. The average molecular weight is 427 g/mol. The SMILES string of the molecule is COc1cccc2c1OC1(CC[NH+](C(C)C)CC1)N1NC(c3ccc(Cl)cc3)=C[C@H]21. The molecule has 0 aromatic heterocycles. The van der Waals surface area contributed by atoms with Gasteiger partial charge in [-0.3, -0.25) is 0 Å². The number of rotatable bonds is 3. The summed E-state index contributed by atoms with van der Waals surface area (Å²) in [4.78, 5) is 1.64. The molecule has 0 amide bonds. The Morgan fingerprint density at radius 1 is 1.17 bits per heavy atom. The minimum atomic E-state index is -0.393.